The molecule has 0 heterocycles. The third-order valence-corrected chi connectivity index (χ3v) is 3.69. The number of aliphatic hydroxyl groups is 1. The molecule has 0 fully saturated rings. The minimum Gasteiger partial charge on any atom is -0.364 e. The molecule has 0 spiro atoms. The molecule has 1 atom stereocenters. The van der Waals surface area contributed by atoms with Crippen LogP contribution in [0.1, 0.15) is 41.5 Å². The normalized spacial score (nSPS) is 15.4. The molecule has 0 radical (unpaired) electrons. The molecule has 114 valence electrons. The Morgan fingerprint density at radius 2 is 1.26 bits per heavy atom. The highest BCUT2D eigenvalue weighted by atomic mass is 19.4. The molecule has 0 aromatic carbocycles. The van der Waals surface area contributed by atoms with E-state index in [2.05, 4.69) is 6.58 Å². The average Bonchev–Trinajstić information content (AvgIpc) is 2.21. The summed E-state index contributed by atoms with van der Waals surface area (Å²) in [6.45, 7) is 14.2. The molecule has 0 bridgehead atoms. The first-order chi connectivity index (χ1) is 8.37. The molecule has 0 saturated heterocycles. The molecule has 1 unspecified atom stereocenters. The van der Waals surface area contributed by atoms with Gasteiger partial charge in [-0.1, -0.05) is 48.1 Å². The fourth-order valence-corrected chi connectivity index (χ4v) is 2.81. The van der Waals surface area contributed by atoms with Crippen molar-refractivity contribution in [3.05, 3.63) is 12.2 Å². The third kappa shape index (κ3) is 3.96. The van der Waals surface area contributed by atoms with Crippen molar-refractivity contribution < 1.29 is 23.0 Å². The number of hydrogen-bond acceptors (Lipinski definition) is 2. The molecular formula is C14H25F3O2. The predicted octanol–water partition coefficient (Wildman–Crippen LogP) is 4.15. The fourth-order valence-electron chi connectivity index (χ4n) is 2.81. The predicted molar refractivity (Wildman–Crippen MR) is 69.5 cm³/mol. The van der Waals surface area contributed by atoms with E-state index in [1.807, 2.05) is 41.5 Å². The van der Waals surface area contributed by atoms with Crippen LogP contribution in [0.25, 0.3) is 0 Å². The molecular weight excluding hydrogens is 257 g/mol. The molecule has 0 aliphatic carbocycles. The van der Waals surface area contributed by atoms with Crippen LogP contribution in [0.4, 0.5) is 13.2 Å². The maximum Gasteiger partial charge on any atom is 0.416 e. The Balaban J connectivity index is 5.30. The van der Waals surface area contributed by atoms with Crippen LogP contribution in [0.2, 0.25) is 0 Å². The summed E-state index contributed by atoms with van der Waals surface area (Å²) in [7, 11) is 0. The van der Waals surface area contributed by atoms with Crippen LogP contribution >= 0.6 is 0 Å². The van der Waals surface area contributed by atoms with E-state index in [4.69, 9.17) is 4.74 Å². The monoisotopic (exact) mass is 282 g/mol. The van der Waals surface area contributed by atoms with Gasteiger partial charge in [-0.05, 0) is 17.8 Å². The van der Waals surface area contributed by atoms with Crippen molar-refractivity contribution in [2.45, 2.75) is 59.6 Å². The largest absolute Gasteiger partial charge is 0.416 e. The Morgan fingerprint density at radius 3 is 1.47 bits per heavy atom. The Hall–Kier alpha value is -0.550. The maximum absolute atomic E-state index is 12.5. The fraction of sp³-hybridized carbons (Fsp3) is 0.857. The van der Waals surface area contributed by atoms with Gasteiger partial charge in [0.05, 0.1) is 11.2 Å². The van der Waals surface area contributed by atoms with E-state index in [9.17, 15) is 18.3 Å². The Bertz CT molecular complexity index is 285. The SMILES string of the molecule is C=C(C(O)OC(C(C)C)(C(C)C)C(C)C)C(F)(F)F. The second kappa shape index (κ2) is 6.27. The van der Waals surface area contributed by atoms with E-state index in [1.54, 1.807) is 0 Å². The van der Waals surface area contributed by atoms with E-state index in [0.717, 1.165) is 0 Å². The minimum absolute atomic E-state index is 0.0387. The molecule has 0 aliphatic heterocycles. The van der Waals surface area contributed by atoms with Gasteiger partial charge in [-0.15, -0.1) is 0 Å². The molecule has 2 nitrogen and oxygen atoms in total. The molecule has 0 rings (SSSR count). The standard InChI is InChI=1S/C14H25F3O2/c1-8(2)13(9(3)4,10(5)6)19-12(18)11(7)14(15,16)17/h8-10,12,18H,7H2,1-6H3. The first kappa shape index (κ1) is 18.4. The second-order valence-electron chi connectivity index (χ2n) is 5.81. The number of halogens is 3. The highest BCUT2D eigenvalue weighted by Crippen LogP contribution is 2.40. The summed E-state index contributed by atoms with van der Waals surface area (Å²) < 4.78 is 43.1. The summed E-state index contributed by atoms with van der Waals surface area (Å²) in [6.07, 6.45) is -6.69. The van der Waals surface area contributed by atoms with E-state index in [0.29, 0.717) is 0 Å². The Kier molecular flexibility index (Phi) is 6.09. The lowest BCUT2D eigenvalue weighted by Crippen LogP contribution is -2.51. The van der Waals surface area contributed by atoms with E-state index < -0.39 is 23.6 Å². The van der Waals surface area contributed by atoms with Crippen molar-refractivity contribution in [1.29, 1.82) is 0 Å². The average molecular weight is 282 g/mol. The van der Waals surface area contributed by atoms with Crippen molar-refractivity contribution >= 4 is 0 Å². The third-order valence-electron chi connectivity index (χ3n) is 3.69. The zero-order chi connectivity index (χ0) is 15.6. The van der Waals surface area contributed by atoms with Crippen molar-refractivity contribution in [1.82, 2.24) is 0 Å². The van der Waals surface area contributed by atoms with Crippen LogP contribution in [0.5, 0.6) is 0 Å². The highest BCUT2D eigenvalue weighted by molar-refractivity contribution is 5.07. The van der Waals surface area contributed by atoms with Gasteiger partial charge in [-0.3, -0.25) is 0 Å². The van der Waals surface area contributed by atoms with Gasteiger partial charge in [0.15, 0.2) is 6.29 Å². The minimum atomic E-state index is -4.66. The van der Waals surface area contributed by atoms with Gasteiger partial charge in [-0.2, -0.15) is 13.2 Å². The van der Waals surface area contributed by atoms with Crippen molar-refractivity contribution in [2.24, 2.45) is 17.8 Å². The first-order valence-corrected chi connectivity index (χ1v) is 6.49. The molecule has 0 amide bonds. The lowest BCUT2D eigenvalue weighted by atomic mass is 9.72. The molecule has 0 aromatic rings. The Morgan fingerprint density at radius 1 is 0.947 bits per heavy atom. The highest BCUT2D eigenvalue weighted by Gasteiger charge is 2.46. The summed E-state index contributed by atoms with van der Waals surface area (Å²) in [5, 5.41) is 9.69. The van der Waals surface area contributed by atoms with Gasteiger partial charge in [-0.25, -0.2) is 0 Å². The maximum atomic E-state index is 12.5. The number of ether oxygens (including phenoxy) is 1. The van der Waals surface area contributed by atoms with Gasteiger partial charge in [0.2, 0.25) is 0 Å². The Labute approximate surface area is 113 Å². The van der Waals surface area contributed by atoms with Gasteiger partial charge < -0.3 is 9.84 Å². The van der Waals surface area contributed by atoms with Gasteiger partial charge >= 0.3 is 6.18 Å². The van der Waals surface area contributed by atoms with Crippen LogP contribution < -0.4 is 0 Å². The van der Waals surface area contributed by atoms with Crippen LogP contribution in [-0.2, 0) is 4.74 Å². The van der Waals surface area contributed by atoms with Gasteiger partial charge in [0, 0.05) is 0 Å². The van der Waals surface area contributed by atoms with Crippen LogP contribution in [0.15, 0.2) is 12.2 Å². The number of alkyl halides is 3. The summed E-state index contributed by atoms with van der Waals surface area (Å²) in [5.41, 5.74) is -2.10. The summed E-state index contributed by atoms with van der Waals surface area (Å²) >= 11 is 0. The zero-order valence-corrected chi connectivity index (χ0v) is 12.5. The van der Waals surface area contributed by atoms with Crippen LogP contribution in [0, 0.1) is 17.8 Å². The van der Waals surface area contributed by atoms with E-state index >= 15 is 0 Å². The summed E-state index contributed by atoms with van der Waals surface area (Å²) in [5.74, 6) is -0.116. The number of hydrogen-bond donors (Lipinski definition) is 1. The molecule has 5 heteroatoms. The van der Waals surface area contributed by atoms with Gasteiger partial charge in [0.1, 0.15) is 0 Å². The molecule has 0 saturated carbocycles. The van der Waals surface area contributed by atoms with Crippen molar-refractivity contribution in [3.63, 3.8) is 0 Å². The van der Waals surface area contributed by atoms with Crippen LogP contribution in [0.3, 0.4) is 0 Å². The number of rotatable bonds is 6. The van der Waals surface area contributed by atoms with Crippen LogP contribution in [-0.4, -0.2) is 23.2 Å². The van der Waals surface area contributed by atoms with Crippen molar-refractivity contribution in [2.75, 3.05) is 0 Å². The van der Waals surface area contributed by atoms with E-state index in [-0.39, 0.29) is 17.8 Å². The topological polar surface area (TPSA) is 29.5 Å². The zero-order valence-electron chi connectivity index (χ0n) is 12.5. The van der Waals surface area contributed by atoms with Gasteiger partial charge in [0.25, 0.3) is 0 Å². The summed E-state index contributed by atoms with van der Waals surface area (Å²) in [4.78, 5) is 0. The molecule has 0 aromatic heterocycles. The summed E-state index contributed by atoms with van der Waals surface area (Å²) in [6, 6.07) is 0. The number of aliphatic hydroxyl groups excluding tert-OH is 1. The second-order valence-corrected chi connectivity index (χ2v) is 5.81. The van der Waals surface area contributed by atoms with E-state index in [1.165, 1.54) is 0 Å². The smallest absolute Gasteiger partial charge is 0.364 e. The molecule has 1 N–H and O–H groups in total. The molecule has 19 heavy (non-hydrogen) atoms. The molecule has 0 aliphatic rings. The first-order valence-electron chi connectivity index (χ1n) is 6.49. The van der Waals surface area contributed by atoms with Crippen molar-refractivity contribution in [3.8, 4) is 0 Å². The lowest BCUT2D eigenvalue weighted by Gasteiger charge is -2.46. The lowest BCUT2D eigenvalue weighted by molar-refractivity contribution is -0.240. The quantitative estimate of drug-likeness (QED) is 0.586.